The normalized spacial score (nSPS) is 11.3. The number of halogens is 2. The summed E-state index contributed by atoms with van der Waals surface area (Å²) in [5.41, 5.74) is 13.7. The Morgan fingerprint density at radius 3 is 2.33 bits per heavy atom. The topological polar surface area (TPSA) is 211 Å². The summed E-state index contributed by atoms with van der Waals surface area (Å²) in [4.78, 5) is 52.7. The summed E-state index contributed by atoms with van der Waals surface area (Å²) in [6, 6.07) is 5.16. The number of carbonyl (C=O) groups excluding carboxylic acids is 1. The number of benzene rings is 1. The number of rotatable bonds is 9. The van der Waals surface area contributed by atoms with E-state index in [0.717, 1.165) is 5.69 Å². The van der Waals surface area contributed by atoms with Crippen LogP contribution in [0.1, 0.15) is 28.9 Å². The van der Waals surface area contributed by atoms with Crippen LogP contribution in [0.4, 0.5) is 17.5 Å². The molecule has 196 valence electrons. The zero-order chi connectivity index (χ0) is 26.8. The Kier molecular flexibility index (Phi) is 11.0. The molecule has 3 aromatic rings. The van der Waals surface area contributed by atoms with Gasteiger partial charge in [-0.3, -0.25) is 9.59 Å². The maximum atomic E-state index is 12.4. The third-order valence-corrected chi connectivity index (χ3v) is 4.72. The number of hydrogen-bond acceptors (Lipinski definition) is 10. The Morgan fingerprint density at radius 1 is 1.11 bits per heavy atom. The van der Waals surface area contributed by atoms with Crippen molar-refractivity contribution in [1.29, 1.82) is 0 Å². The van der Waals surface area contributed by atoms with E-state index in [9.17, 15) is 19.5 Å². The van der Waals surface area contributed by atoms with Crippen LogP contribution in [-0.4, -0.2) is 61.1 Å². The average Bonchev–Trinajstić information content (AvgIpc) is 2.82. The second kappa shape index (κ2) is 13.7. The Hall–Kier alpha value is -3.28. The zero-order valence-corrected chi connectivity index (χ0v) is 22.5. The molecule has 0 aliphatic heterocycles. The Balaban J connectivity index is 0.00000145. The molecule has 0 aliphatic rings. The van der Waals surface area contributed by atoms with E-state index in [-0.39, 0.29) is 30.2 Å². The van der Waals surface area contributed by atoms with Crippen LogP contribution >= 0.6 is 18.8 Å². The Morgan fingerprint density at radius 2 is 1.75 bits per heavy atom. The minimum atomic E-state index is -1.30. The van der Waals surface area contributed by atoms with Gasteiger partial charge in [-0.2, -0.15) is 9.97 Å². The third kappa shape index (κ3) is 8.43. The molecular weight excluding hydrogens is 698 g/mol. The number of nitrogen functional groups attached to an aromatic ring is 2. The third-order valence-electron chi connectivity index (χ3n) is 4.72. The van der Waals surface area contributed by atoms with Gasteiger partial charge in [-0.05, 0) is 30.7 Å². The molecule has 2 heterocycles. The quantitative estimate of drug-likeness (QED) is 0.214. The SMILES string of the molecule is CN(Cc1cnc2nc(N)nc(N)c2n1)c1ccc(C(=O)NC(CCC(=O)O)C(=O)O)cc1.[Cl][Pt][Cl]. The number of anilines is 3. The van der Waals surface area contributed by atoms with Gasteiger partial charge in [-0.25, -0.2) is 14.8 Å². The molecule has 1 atom stereocenters. The first-order valence-corrected chi connectivity index (χ1v) is 15.6. The maximum absolute atomic E-state index is 12.4. The van der Waals surface area contributed by atoms with Crippen molar-refractivity contribution in [2.24, 2.45) is 0 Å². The van der Waals surface area contributed by atoms with Gasteiger partial charge in [-0.15, -0.1) is 0 Å². The fraction of sp³-hybridized carbons (Fsp3) is 0.250. The van der Waals surface area contributed by atoms with Crippen molar-refractivity contribution in [2.75, 3.05) is 23.4 Å². The second-order valence-electron chi connectivity index (χ2n) is 7.25. The van der Waals surface area contributed by atoms with Crippen LogP contribution in [0.5, 0.6) is 0 Å². The number of nitrogens with one attached hydrogen (secondary N) is 1. The first-order valence-electron chi connectivity index (χ1n) is 9.99. The summed E-state index contributed by atoms with van der Waals surface area (Å²) in [7, 11) is 11.6. The van der Waals surface area contributed by atoms with E-state index >= 15 is 0 Å². The predicted octanol–water partition coefficient (Wildman–Crippen LogP) is 1.64. The average molecular weight is 720 g/mol. The van der Waals surface area contributed by atoms with Crippen LogP contribution in [0.15, 0.2) is 30.5 Å². The zero-order valence-electron chi connectivity index (χ0n) is 18.7. The summed E-state index contributed by atoms with van der Waals surface area (Å²) < 4.78 is 0. The van der Waals surface area contributed by atoms with E-state index in [4.69, 9.17) is 35.4 Å². The van der Waals surface area contributed by atoms with Crippen molar-refractivity contribution in [3.05, 3.63) is 41.7 Å². The van der Waals surface area contributed by atoms with Crippen molar-refractivity contribution >= 4 is 65.3 Å². The van der Waals surface area contributed by atoms with E-state index in [0.29, 0.717) is 23.4 Å². The van der Waals surface area contributed by atoms with Crippen LogP contribution in [0.2, 0.25) is 0 Å². The number of carboxylic acids is 2. The van der Waals surface area contributed by atoms with Crippen molar-refractivity contribution in [3.63, 3.8) is 0 Å². The number of aliphatic carboxylic acids is 2. The van der Waals surface area contributed by atoms with Crippen LogP contribution in [0, 0.1) is 0 Å². The number of fused-ring (bicyclic) bond motifs is 1. The Labute approximate surface area is 221 Å². The van der Waals surface area contributed by atoms with Gasteiger partial charge in [-0.1, -0.05) is 0 Å². The fourth-order valence-corrected chi connectivity index (χ4v) is 3.03. The summed E-state index contributed by atoms with van der Waals surface area (Å²) in [6.07, 6.45) is 0.964. The monoisotopic (exact) mass is 719 g/mol. The molecule has 13 nitrogen and oxygen atoms in total. The summed E-state index contributed by atoms with van der Waals surface area (Å²) in [5.74, 6) is -2.91. The predicted molar refractivity (Wildman–Crippen MR) is 130 cm³/mol. The van der Waals surface area contributed by atoms with E-state index in [2.05, 4.69) is 25.3 Å². The molecule has 1 unspecified atom stereocenters. The number of carboxylic acid groups (broad SMARTS) is 2. The molecule has 0 fully saturated rings. The van der Waals surface area contributed by atoms with Gasteiger partial charge in [0.25, 0.3) is 5.91 Å². The summed E-state index contributed by atoms with van der Waals surface area (Å²) in [5, 5.41) is 20.2. The number of hydrogen-bond donors (Lipinski definition) is 5. The van der Waals surface area contributed by atoms with Gasteiger partial charge < -0.3 is 31.9 Å². The molecule has 0 spiro atoms. The van der Waals surface area contributed by atoms with Crippen molar-refractivity contribution in [1.82, 2.24) is 25.3 Å². The van der Waals surface area contributed by atoms with Gasteiger partial charge in [0.1, 0.15) is 6.04 Å². The van der Waals surface area contributed by atoms with E-state index in [1.54, 1.807) is 18.3 Å². The van der Waals surface area contributed by atoms with Gasteiger partial charge in [0.15, 0.2) is 17.0 Å². The molecular formula is C20H22Cl2N8O5Pt. The first-order chi connectivity index (χ1) is 17.0. The van der Waals surface area contributed by atoms with Crippen LogP contribution in [-0.2, 0) is 32.6 Å². The van der Waals surface area contributed by atoms with Gasteiger partial charge in [0.05, 0.1) is 18.4 Å². The van der Waals surface area contributed by atoms with Gasteiger partial charge in [0, 0.05) is 24.7 Å². The standard InChI is InChI=1S/C20H22N8O5.2ClH.Pt/c1-28(9-11-8-23-17-15(24-11)16(21)26-20(22)27-17)12-4-2-10(3-5-12)18(31)25-13(19(32)33)6-7-14(29)30;;;/h2-5,8,13H,6-7,9H2,1H3,(H,25,31)(H,29,30)(H,32,33)(H4,21,22,23,26,27);2*1H;/q;;;+2/p-2. The molecule has 7 N–H and O–H groups in total. The molecule has 2 aromatic heterocycles. The van der Waals surface area contributed by atoms with Crippen molar-refractivity contribution < 1.29 is 41.1 Å². The van der Waals surface area contributed by atoms with E-state index in [1.165, 1.54) is 12.1 Å². The van der Waals surface area contributed by atoms with Crippen LogP contribution < -0.4 is 21.7 Å². The molecule has 1 aromatic carbocycles. The molecule has 1 amide bonds. The van der Waals surface area contributed by atoms with Crippen molar-refractivity contribution in [3.8, 4) is 0 Å². The number of aromatic nitrogens is 4. The number of amides is 1. The molecule has 0 saturated heterocycles. The summed E-state index contributed by atoms with van der Waals surface area (Å²) >= 11 is -0.472. The van der Waals surface area contributed by atoms with Gasteiger partial charge >= 0.3 is 47.3 Å². The van der Waals surface area contributed by atoms with Crippen molar-refractivity contribution in [2.45, 2.75) is 25.4 Å². The summed E-state index contributed by atoms with van der Waals surface area (Å²) in [6.45, 7) is 0.370. The van der Waals surface area contributed by atoms with Gasteiger partial charge in [0.2, 0.25) is 5.95 Å². The van der Waals surface area contributed by atoms with Crippen LogP contribution in [0.25, 0.3) is 11.2 Å². The number of nitrogens with two attached hydrogens (primary N) is 2. The fourth-order valence-electron chi connectivity index (χ4n) is 3.03. The van der Waals surface area contributed by atoms with Crippen LogP contribution in [0.3, 0.4) is 0 Å². The minimum absolute atomic E-state index is 0.0138. The van der Waals surface area contributed by atoms with E-state index < -0.39 is 40.4 Å². The number of carbonyl (C=O) groups is 3. The number of nitrogens with zero attached hydrogens (tertiary/aromatic N) is 5. The molecule has 0 bridgehead atoms. The molecule has 36 heavy (non-hydrogen) atoms. The van der Waals surface area contributed by atoms with E-state index in [1.807, 2.05) is 11.9 Å². The molecule has 16 heteroatoms. The molecule has 0 saturated carbocycles. The molecule has 0 aliphatic carbocycles. The second-order valence-corrected chi connectivity index (χ2v) is 10.5. The Bertz CT molecular complexity index is 1230. The molecule has 3 rings (SSSR count). The first kappa shape index (κ1) is 29.0. The molecule has 0 radical (unpaired) electrons.